The molecule has 0 aliphatic rings. The summed E-state index contributed by atoms with van der Waals surface area (Å²) in [7, 11) is 0. The van der Waals surface area contributed by atoms with Crippen LogP contribution in [0.25, 0.3) is 0 Å². The van der Waals surface area contributed by atoms with Gasteiger partial charge in [0.2, 0.25) is 0 Å². The van der Waals surface area contributed by atoms with Crippen molar-refractivity contribution in [2.75, 3.05) is 17.3 Å². The van der Waals surface area contributed by atoms with E-state index in [0.717, 1.165) is 36.3 Å². The molecule has 1 unspecified atom stereocenters. The van der Waals surface area contributed by atoms with E-state index in [2.05, 4.69) is 41.7 Å². The summed E-state index contributed by atoms with van der Waals surface area (Å²) in [6, 6.07) is 2.58. The second-order valence-corrected chi connectivity index (χ2v) is 5.48. The van der Waals surface area contributed by atoms with Gasteiger partial charge in [0.05, 0.1) is 5.69 Å². The molecule has 4 nitrogen and oxygen atoms in total. The highest BCUT2D eigenvalue weighted by molar-refractivity contribution is 7.98. The van der Waals surface area contributed by atoms with E-state index in [0.29, 0.717) is 17.4 Å². The summed E-state index contributed by atoms with van der Waals surface area (Å²) in [5.41, 5.74) is 2.62. The molecular weight excluding hydrogens is 256 g/mol. The molecule has 5 heteroatoms. The van der Waals surface area contributed by atoms with Gasteiger partial charge >= 0.3 is 0 Å². The summed E-state index contributed by atoms with van der Waals surface area (Å²) in [6.07, 6.45) is 4.77. The molecular formula is C14H22N4S. The molecule has 0 aromatic carbocycles. The first-order chi connectivity index (χ1) is 9.17. The highest BCUT2D eigenvalue weighted by Crippen LogP contribution is 2.21. The normalized spacial score (nSPS) is 11.9. The molecule has 1 rings (SSSR count). The van der Waals surface area contributed by atoms with E-state index in [4.69, 9.17) is 0 Å². The van der Waals surface area contributed by atoms with E-state index >= 15 is 0 Å². The molecule has 0 bridgehead atoms. The third-order valence-electron chi connectivity index (χ3n) is 3.10. The molecule has 0 saturated heterocycles. The standard InChI is InChI=1S/C14H22N4S/c1-5-11-12(9-15)14(18-17-13(11)6-2)16-10(3)7-8-19-4/h10H,5-8H2,1-4H3,(H,16,18). The average molecular weight is 278 g/mol. The fourth-order valence-corrected chi connectivity index (χ4v) is 2.58. The number of hydrogen-bond acceptors (Lipinski definition) is 5. The minimum atomic E-state index is 0.297. The number of nitrogens with one attached hydrogen (secondary N) is 1. The maximum absolute atomic E-state index is 9.38. The van der Waals surface area contributed by atoms with Gasteiger partial charge in [0.1, 0.15) is 11.6 Å². The predicted octanol–water partition coefficient (Wildman–Crippen LogP) is 3.03. The van der Waals surface area contributed by atoms with Crippen LogP contribution in [0.3, 0.4) is 0 Å². The quantitative estimate of drug-likeness (QED) is 0.830. The van der Waals surface area contributed by atoms with Crippen LogP contribution in [0.15, 0.2) is 0 Å². The van der Waals surface area contributed by atoms with Crippen molar-refractivity contribution in [1.82, 2.24) is 10.2 Å². The number of thioether (sulfide) groups is 1. The summed E-state index contributed by atoms with van der Waals surface area (Å²) in [4.78, 5) is 0. The Morgan fingerprint density at radius 2 is 2.05 bits per heavy atom. The van der Waals surface area contributed by atoms with E-state index in [9.17, 15) is 5.26 Å². The molecule has 19 heavy (non-hydrogen) atoms. The van der Waals surface area contributed by atoms with E-state index < -0.39 is 0 Å². The van der Waals surface area contributed by atoms with Crippen LogP contribution in [0.4, 0.5) is 5.82 Å². The molecule has 1 aromatic heterocycles. The molecule has 0 aliphatic heterocycles. The predicted molar refractivity (Wildman–Crippen MR) is 81.6 cm³/mol. The molecule has 0 radical (unpaired) electrons. The fourth-order valence-electron chi connectivity index (χ4n) is 1.99. The number of rotatable bonds is 7. The Bertz CT molecular complexity index is 453. The first-order valence-corrected chi connectivity index (χ1v) is 8.11. The van der Waals surface area contributed by atoms with Gasteiger partial charge in [-0.1, -0.05) is 13.8 Å². The van der Waals surface area contributed by atoms with Gasteiger partial charge in [-0.3, -0.25) is 0 Å². The SMILES string of the molecule is CCc1nnc(NC(C)CCSC)c(C#N)c1CC. The monoisotopic (exact) mass is 278 g/mol. The molecule has 1 atom stereocenters. The molecule has 0 fully saturated rings. The summed E-state index contributed by atoms with van der Waals surface area (Å²) in [5.74, 6) is 1.72. The van der Waals surface area contributed by atoms with Crippen molar-refractivity contribution in [3.63, 3.8) is 0 Å². The minimum absolute atomic E-state index is 0.297. The third kappa shape index (κ3) is 4.10. The number of aromatic nitrogens is 2. The Hall–Kier alpha value is -1.28. The second kappa shape index (κ2) is 8.00. The van der Waals surface area contributed by atoms with E-state index in [-0.39, 0.29) is 0 Å². The van der Waals surface area contributed by atoms with Gasteiger partial charge in [-0.05, 0) is 43.8 Å². The highest BCUT2D eigenvalue weighted by Gasteiger charge is 2.15. The molecule has 0 spiro atoms. The third-order valence-corrected chi connectivity index (χ3v) is 3.74. The lowest BCUT2D eigenvalue weighted by Crippen LogP contribution is -2.19. The topological polar surface area (TPSA) is 61.6 Å². The molecule has 1 N–H and O–H groups in total. The molecule has 0 saturated carbocycles. The molecule has 104 valence electrons. The Morgan fingerprint density at radius 3 is 2.58 bits per heavy atom. The van der Waals surface area contributed by atoms with Gasteiger partial charge < -0.3 is 5.32 Å². The fraction of sp³-hybridized carbons (Fsp3) is 0.643. The zero-order chi connectivity index (χ0) is 14.3. The van der Waals surface area contributed by atoms with Crippen LogP contribution < -0.4 is 5.32 Å². The van der Waals surface area contributed by atoms with Gasteiger partial charge in [0, 0.05) is 6.04 Å². The van der Waals surface area contributed by atoms with Crippen molar-refractivity contribution < 1.29 is 0 Å². The van der Waals surface area contributed by atoms with Crippen LogP contribution in [0.1, 0.15) is 44.0 Å². The van der Waals surface area contributed by atoms with Crippen molar-refractivity contribution >= 4 is 17.6 Å². The summed E-state index contributed by atoms with van der Waals surface area (Å²) < 4.78 is 0. The van der Waals surface area contributed by atoms with Gasteiger partial charge in [-0.15, -0.1) is 5.10 Å². The van der Waals surface area contributed by atoms with Gasteiger partial charge in [0.25, 0.3) is 0 Å². The Morgan fingerprint density at radius 1 is 1.32 bits per heavy atom. The maximum Gasteiger partial charge on any atom is 0.167 e. The smallest absolute Gasteiger partial charge is 0.167 e. The lowest BCUT2D eigenvalue weighted by Gasteiger charge is -2.16. The Balaban J connectivity index is 2.99. The molecule has 0 aliphatic carbocycles. The van der Waals surface area contributed by atoms with Crippen molar-refractivity contribution in [2.24, 2.45) is 0 Å². The van der Waals surface area contributed by atoms with Crippen molar-refractivity contribution in [2.45, 2.75) is 46.1 Å². The van der Waals surface area contributed by atoms with E-state index in [1.54, 1.807) is 0 Å². The highest BCUT2D eigenvalue weighted by atomic mass is 32.2. The maximum atomic E-state index is 9.38. The number of nitriles is 1. The zero-order valence-electron chi connectivity index (χ0n) is 12.2. The van der Waals surface area contributed by atoms with Crippen LogP contribution in [-0.4, -0.2) is 28.2 Å². The molecule has 1 heterocycles. The van der Waals surface area contributed by atoms with E-state index in [1.807, 2.05) is 18.7 Å². The summed E-state index contributed by atoms with van der Waals surface area (Å²) in [6.45, 7) is 6.20. The van der Waals surface area contributed by atoms with Crippen molar-refractivity contribution in [3.05, 3.63) is 16.8 Å². The van der Waals surface area contributed by atoms with Gasteiger partial charge in [-0.2, -0.15) is 22.1 Å². The van der Waals surface area contributed by atoms with Gasteiger partial charge in [0.15, 0.2) is 5.82 Å². The van der Waals surface area contributed by atoms with Crippen LogP contribution in [0.2, 0.25) is 0 Å². The largest absolute Gasteiger partial charge is 0.365 e. The number of aryl methyl sites for hydroxylation is 1. The number of hydrogen-bond donors (Lipinski definition) is 1. The number of nitrogens with zero attached hydrogens (tertiary/aromatic N) is 3. The van der Waals surface area contributed by atoms with Crippen molar-refractivity contribution in [1.29, 1.82) is 5.26 Å². The van der Waals surface area contributed by atoms with Crippen LogP contribution in [-0.2, 0) is 12.8 Å². The second-order valence-electron chi connectivity index (χ2n) is 4.49. The van der Waals surface area contributed by atoms with Gasteiger partial charge in [-0.25, -0.2) is 0 Å². The molecule has 0 amide bonds. The number of anilines is 1. The lowest BCUT2D eigenvalue weighted by atomic mass is 10.0. The Kier molecular flexibility index (Phi) is 6.65. The first kappa shape index (κ1) is 15.8. The molecule has 1 aromatic rings. The van der Waals surface area contributed by atoms with Crippen LogP contribution >= 0.6 is 11.8 Å². The average Bonchev–Trinajstić information content (AvgIpc) is 2.44. The van der Waals surface area contributed by atoms with E-state index in [1.165, 1.54) is 0 Å². The summed E-state index contributed by atoms with van der Waals surface area (Å²) >= 11 is 1.82. The lowest BCUT2D eigenvalue weighted by molar-refractivity contribution is 0.755. The minimum Gasteiger partial charge on any atom is -0.365 e. The van der Waals surface area contributed by atoms with Crippen LogP contribution in [0.5, 0.6) is 0 Å². The van der Waals surface area contributed by atoms with Crippen LogP contribution in [0, 0.1) is 11.3 Å². The first-order valence-electron chi connectivity index (χ1n) is 6.71. The van der Waals surface area contributed by atoms with Crippen molar-refractivity contribution in [3.8, 4) is 6.07 Å². The Labute approximate surface area is 120 Å². The summed E-state index contributed by atoms with van der Waals surface area (Å²) in [5, 5.41) is 21.1. The zero-order valence-corrected chi connectivity index (χ0v) is 13.0.